The van der Waals surface area contributed by atoms with Crippen molar-refractivity contribution in [3.05, 3.63) is 0 Å². The minimum absolute atomic E-state index is 0.382. The van der Waals surface area contributed by atoms with Crippen LogP contribution in [0.25, 0.3) is 0 Å². The molecule has 0 rings (SSSR count). The van der Waals surface area contributed by atoms with Crippen molar-refractivity contribution in [3.8, 4) is 6.07 Å². The summed E-state index contributed by atoms with van der Waals surface area (Å²) in [6.07, 6.45) is 0.431. The third-order valence-electron chi connectivity index (χ3n) is 2.11. The van der Waals surface area contributed by atoms with Crippen LogP contribution in [-0.2, 0) is 4.52 Å². The molecule has 2 nitrogen and oxygen atoms in total. The molecule has 0 aromatic heterocycles. The first-order chi connectivity index (χ1) is 5.95. The minimum atomic E-state index is -2.12. The number of hydrogen-bond acceptors (Lipinski definition) is 2. The third kappa shape index (κ3) is 3.81. The average Bonchev–Trinajstić information content (AvgIpc) is 2.03. The van der Waals surface area contributed by atoms with Gasteiger partial charge in [-0.3, -0.25) is 0 Å². The van der Waals surface area contributed by atoms with E-state index >= 15 is 0 Å². The molecule has 0 radical (unpaired) electrons. The van der Waals surface area contributed by atoms with E-state index in [1.807, 2.05) is 0 Å². The third-order valence-corrected chi connectivity index (χ3v) is 8.85. The van der Waals surface area contributed by atoms with Crippen LogP contribution in [0.4, 0.5) is 0 Å². The first-order valence-corrected chi connectivity index (χ1v) is 7.72. The molecule has 0 aliphatic heterocycles. The Morgan fingerprint density at radius 1 is 1.31 bits per heavy atom. The quantitative estimate of drug-likeness (QED) is 0.528. The normalized spacial score (nSPS) is 13.4. The molecule has 0 saturated carbocycles. The Morgan fingerprint density at radius 2 is 1.77 bits per heavy atom. The molecule has 0 N–H and O–H groups in total. The van der Waals surface area contributed by atoms with Crippen LogP contribution in [0.2, 0.25) is 0 Å². The predicted octanol–water partition coefficient (Wildman–Crippen LogP) is 3.55. The van der Waals surface area contributed by atoms with Gasteiger partial charge in [0, 0.05) is 0 Å². The molecule has 0 unspecified atom stereocenters. The van der Waals surface area contributed by atoms with Gasteiger partial charge in [0.1, 0.15) is 0 Å². The van der Waals surface area contributed by atoms with Crippen molar-refractivity contribution in [2.75, 3.05) is 6.61 Å². The Balaban J connectivity index is 4.19. The van der Waals surface area contributed by atoms with E-state index in [9.17, 15) is 0 Å². The standard InChI is InChI=1S/C9H19ClNOP/c1-8(2)13(10,9(3)4)12-7-5-6-11/h8-9,13H,5,7H2,1-4H3. The van der Waals surface area contributed by atoms with E-state index in [4.69, 9.17) is 21.0 Å². The maximum atomic E-state index is 8.38. The summed E-state index contributed by atoms with van der Waals surface area (Å²) >= 11 is 6.45. The molecular weight excluding hydrogens is 205 g/mol. The van der Waals surface area contributed by atoms with Crippen LogP contribution in [-0.4, -0.2) is 17.9 Å². The Morgan fingerprint density at radius 3 is 2.08 bits per heavy atom. The van der Waals surface area contributed by atoms with Gasteiger partial charge < -0.3 is 0 Å². The topological polar surface area (TPSA) is 33.0 Å². The van der Waals surface area contributed by atoms with Crippen LogP contribution in [0.15, 0.2) is 0 Å². The predicted molar refractivity (Wildman–Crippen MR) is 60.6 cm³/mol. The zero-order valence-corrected chi connectivity index (χ0v) is 10.6. The van der Waals surface area contributed by atoms with E-state index in [1.54, 1.807) is 0 Å². The summed E-state index contributed by atoms with van der Waals surface area (Å²) in [5.74, 6) is 0. The molecule has 0 aliphatic rings. The summed E-state index contributed by atoms with van der Waals surface area (Å²) in [5.41, 5.74) is 0.765. The summed E-state index contributed by atoms with van der Waals surface area (Å²) in [7, 11) is 0. The zero-order chi connectivity index (χ0) is 10.5. The van der Waals surface area contributed by atoms with E-state index in [2.05, 4.69) is 33.8 Å². The number of nitriles is 1. The Hall–Kier alpha value is 0.170. The van der Waals surface area contributed by atoms with Crippen molar-refractivity contribution in [2.45, 2.75) is 45.4 Å². The maximum absolute atomic E-state index is 8.38. The summed E-state index contributed by atoms with van der Waals surface area (Å²) in [6.45, 7) is 6.71. The van der Waals surface area contributed by atoms with Gasteiger partial charge >= 0.3 is 86.0 Å². The fraction of sp³-hybridized carbons (Fsp3) is 0.889. The second-order valence-electron chi connectivity index (χ2n) is 3.76. The molecule has 0 spiro atoms. The van der Waals surface area contributed by atoms with Gasteiger partial charge in [0.05, 0.1) is 0 Å². The van der Waals surface area contributed by atoms with E-state index in [0.717, 1.165) is 0 Å². The van der Waals surface area contributed by atoms with Gasteiger partial charge in [-0.2, -0.15) is 0 Å². The van der Waals surface area contributed by atoms with Crippen molar-refractivity contribution in [1.82, 2.24) is 0 Å². The molecule has 4 heteroatoms. The Kier molecular flexibility index (Phi) is 5.88. The Labute approximate surface area is 86.4 Å². The van der Waals surface area contributed by atoms with Crippen molar-refractivity contribution in [2.24, 2.45) is 0 Å². The summed E-state index contributed by atoms with van der Waals surface area (Å²) in [5, 5.41) is 8.38. The molecule has 78 valence electrons. The van der Waals surface area contributed by atoms with Gasteiger partial charge in [-0.1, -0.05) is 0 Å². The molecule has 0 aromatic rings. The van der Waals surface area contributed by atoms with Gasteiger partial charge in [0.15, 0.2) is 0 Å². The number of rotatable bonds is 5. The molecule has 0 aromatic carbocycles. The summed E-state index contributed by atoms with van der Waals surface area (Å²) in [6, 6.07) is 2.06. The molecule has 0 amide bonds. The molecular formula is C9H19ClNOP. The second kappa shape index (κ2) is 5.81. The van der Waals surface area contributed by atoms with E-state index in [1.165, 1.54) is 0 Å². The van der Waals surface area contributed by atoms with Gasteiger partial charge in [-0.05, 0) is 0 Å². The molecule has 13 heavy (non-hydrogen) atoms. The van der Waals surface area contributed by atoms with E-state index in [0.29, 0.717) is 24.3 Å². The van der Waals surface area contributed by atoms with Crippen molar-refractivity contribution in [1.29, 1.82) is 5.26 Å². The molecule has 0 fully saturated rings. The first kappa shape index (κ1) is 13.2. The molecule has 0 saturated heterocycles. The van der Waals surface area contributed by atoms with Crippen molar-refractivity contribution in [3.63, 3.8) is 0 Å². The van der Waals surface area contributed by atoms with Crippen LogP contribution in [0.3, 0.4) is 0 Å². The fourth-order valence-corrected chi connectivity index (χ4v) is 3.90. The van der Waals surface area contributed by atoms with Crippen LogP contribution in [0.5, 0.6) is 0 Å². The van der Waals surface area contributed by atoms with Crippen molar-refractivity contribution < 1.29 is 4.52 Å². The van der Waals surface area contributed by atoms with Gasteiger partial charge in [0.25, 0.3) is 0 Å². The van der Waals surface area contributed by atoms with Crippen LogP contribution in [0.1, 0.15) is 34.1 Å². The van der Waals surface area contributed by atoms with Gasteiger partial charge in [-0.25, -0.2) is 0 Å². The number of hydrogen-bond donors (Lipinski definition) is 0. The van der Waals surface area contributed by atoms with Gasteiger partial charge in [0.2, 0.25) is 0 Å². The van der Waals surface area contributed by atoms with Gasteiger partial charge in [-0.15, -0.1) is 0 Å². The first-order valence-electron chi connectivity index (χ1n) is 4.65. The monoisotopic (exact) mass is 223 g/mol. The van der Waals surface area contributed by atoms with Crippen LogP contribution in [0, 0.1) is 11.3 Å². The summed E-state index contributed by atoms with van der Waals surface area (Å²) < 4.78 is 5.67. The number of nitrogens with zero attached hydrogens (tertiary/aromatic N) is 1. The van der Waals surface area contributed by atoms with Crippen LogP contribution >= 0.6 is 18.1 Å². The Bertz CT molecular complexity index is 181. The molecule has 0 aliphatic carbocycles. The molecule has 0 bridgehead atoms. The van der Waals surface area contributed by atoms with Crippen molar-refractivity contribution >= 4 is 18.1 Å². The summed E-state index contributed by atoms with van der Waals surface area (Å²) in [4.78, 5) is 0. The van der Waals surface area contributed by atoms with E-state index in [-0.39, 0.29) is 0 Å². The zero-order valence-electron chi connectivity index (χ0n) is 8.80. The number of halogens is 1. The molecule has 0 atom stereocenters. The SMILES string of the molecule is CC(C)[PH](Cl)(OCCC#N)C(C)C. The molecule has 0 heterocycles. The van der Waals surface area contributed by atoms with Crippen LogP contribution < -0.4 is 0 Å². The average molecular weight is 224 g/mol. The van der Waals surface area contributed by atoms with E-state index < -0.39 is 6.84 Å². The second-order valence-corrected chi connectivity index (χ2v) is 9.53. The fourth-order valence-electron chi connectivity index (χ4n) is 1.25.